The molecule has 0 bridgehead atoms. The van der Waals surface area contributed by atoms with Crippen LogP contribution in [0.2, 0.25) is 0 Å². The highest BCUT2D eigenvalue weighted by atomic mass is 79.9. The Hall–Kier alpha value is -2.65. The number of benzene rings is 3. The second-order valence-corrected chi connectivity index (χ2v) is 6.51. The van der Waals surface area contributed by atoms with Crippen molar-refractivity contribution in [2.75, 3.05) is 0 Å². The normalized spacial score (nSPS) is 10.9. The summed E-state index contributed by atoms with van der Waals surface area (Å²) in [6.45, 7) is 0. The minimum Gasteiger partial charge on any atom is -0.277 e. The number of nitrogens with zero attached hydrogens (tertiary/aromatic N) is 1. The summed E-state index contributed by atoms with van der Waals surface area (Å²) in [5.41, 5.74) is 3.75. The first kappa shape index (κ1) is 14.9. The minimum absolute atomic E-state index is 0.0325. The summed E-state index contributed by atoms with van der Waals surface area (Å²) < 4.78 is 2.75. The monoisotopic (exact) mass is 375 g/mol. The molecule has 1 heterocycles. The Balaban J connectivity index is 2.06. The van der Waals surface area contributed by atoms with Gasteiger partial charge in [0.05, 0.1) is 5.52 Å². The van der Waals surface area contributed by atoms with Gasteiger partial charge in [-0.2, -0.15) is 0 Å². The highest BCUT2D eigenvalue weighted by Gasteiger charge is 2.11. The van der Waals surface area contributed by atoms with E-state index >= 15 is 0 Å². The van der Waals surface area contributed by atoms with Crippen LogP contribution in [0.1, 0.15) is 0 Å². The Labute approximate surface area is 148 Å². The van der Waals surface area contributed by atoms with E-state index in [0.717, 1.165) is 32.2 Å². The first-order valence-electron chi connectivity index (χ1n) is 7.70. The van der Waals surface area contributed by atoms with E-state index in [1.807, 2.05) is 72.8 Å². The molecule has 0 saturated heterocycles. The van der Waals surface area contributed by atoms with Gasteiger partial charge in [0.1, 0.15) is 0 Å². The SMILES string of the molecule is O=c1cc(-c2ccccc2)c2ccccc2n1-c1ccc(Br)cc1. The summed E-state index contributed by atoms with van der Waals surface area (Å²) in [6.07, 6.45) is 0. The van der Waals surface area contributed by atoms with Crippen molar-refractivity contribution in [3.8, 4) is 16.8 Å². The molecule has 0 unspecified atom stereocenters. The molecule has 1 aromatic heterocycles. The van der Waals surface area contributed by atoms with E-state index in [-0.39, 0.29) is 5.56 Å². The van der Waals surface area contributed by atoms with Crippen molar-refractivity contribution >= 4 is 26.8 Å². The number of fused-ring (bicyclic) bond motifs is 1. The molecule has 3 aromatic carbocycles. The topological polar surface area (TPSA) is 22.0 Å². The number of para-hydroxylation sites is 1. The number of rotatable bonds is 2. The van der Waals surface area contributed by atoms with Crippen LogP contribution in [-0.2, 0) is 0 Å². The van der Waals surface area contributed by atoms with Crippen molar-refractivity contribution in [3.63, 3.8) is 0 Å². The quantitative estimate of drug-likeness (QED) is 0.458. The fraction of sp³-hybridized carbons (Fsp3) is 0. The maximum Gasteiger partial charge on any atom is 0.256 e. The summed E-state index contributed by atoms with van der Waals surface area (Å²) in [5, 5.41) is 1.06. The maximum atomic E-state index is 12.9. The van der Waals surface area contributed by atoms with Gasteiger partial charge in [0, 0.05) is 21.6 Å². The smallest absolute Gasteiger partial charge is 0.256 e. The largest absolute Gasteiger partial charge is 0.277 e. The molecule has 0 N–H and O–H groups in total. The number of hydrogen-bond acceptors (Lipinski definition) is 1. The lowest BCUT2D eigenvalue weighted by Crippen LogP contribution is -2.18. The molecule has 0 aliphatic heterocycles. The van der Waals surface area contributed by atoms with E-state index in [1.54, 1.807) is 10.6 Å². The number of aromatic nitrogens is 1. The molecule has 0 fully saturated rings. The van der Waals surface area contributed by atoms with Crippen molar-refractivity contribution in [3.05, 3.63) is 99.8 Å². The lowest BCUT2D eigenvalue weighted by atomic mass is 10.0. The van der Waals surface area contributed by atoms with Crippen LogP contribution in [0.25, 0.3) is 27.7 Å². The second-order valence-electron chi connectivity index (χ2n) is 5.59. The number of pyridine rings is 1. The Morgan fingerprint density at radius 2 is 1.42 bits per heavy atom. The molecule has 3 heteroatoms. The first-order valence-corrected chi connectivity index (χ1v) is 8.49. The molecule has 0 aliphatic carbocycles. The molecule has 0 amide bonds. The third-order valence-electron chi connectivity index (χ3n) is 4.09. The Morgan fingerprint density at radius 1 is 0.750 bits per heavy atom. The fourth-order valence-electron chi connectivity index (χ4n) is 2.99. The molecule has 4 rings (SSSR count). The third kappa shape index (κ3) is 2.57. The first-order chi connectivity index (χ1) is 11.7. The van der Waals surface area contributed by atoms with Crippen LogP contribution >= 0.6 is 15.9 Å². The molecule has 4 aromatic rings. The summed E-state index contributed by atoms with van der Waals surface area (Å²) in [7, 11) is 0. The molecule has 2 nitrogen and oxygen atoms in total. The van der Waals surface area contributed by atoms with Gasteiger partial charge in [-0.1, -0.05) is 64.5 Å². The summed E-state index contributed by atoms with van der Waals surface area (Å²) >= 11 is 3.44. The summed E-state index contributed by atoms with van der Waals surface area (Å²) in [5.74, 6) is 0. The van der Waals surface area contributed by atoms with Crippen molar-refractivity contribution in [1.82, 2.24) is 4.57 Å². The van der Waals surface area contributed by atoms with E-state index in [1.165, 1.54) is 0 Å². The standard InChI is InChI=1S/C21H14BrNO/c22-16-10-12-17(13-11-16)23-20-9-5-4-8-18(20)19(14-21(23)24)15-6-2-1-3-7-15/h1-14H. The predicted octanol–water partition coefficient (Wildman–Crippen LogP) is 5.42. The zero-order valence-corrected chi connectivity index (χ0v) is 14.4. The lowest BCUT2D eigenvalue weighted by molar-refractivity contribution is 1.04. The third-order valence-corrected chi connectivity index (χ3v) is 4.62. The molecule has 0 saturated carbocycles. The van der Waals surface area contributed by atoms with Crippen LogP contribution in [-0.4, -0.2) is 4.57 Å². The van der Waals surface area contributed by atoms with Gasteiger partial charge in [-0.15, -0.1) is 0 Å². The van der Waals surface area contributed by atoms with Crippen LogP contribution in [0.3, 0.4) is 0 Å². The molecule has 0 spiro atoms. The Kier molecular flexibility index (Phi) is 3.79. The Morgan fingerprint density at radius 3 is 2.17 bits per heavy atom. The van der Waals surface area contributed by atoms with Gasteiger partial charge in [-0.05, 0) is 41.5 Å². The Bertz CT molecular complexity index is 1070. The molecule has 0 radical (unpaired) electrons. The average molecular weight is 376 g/mol. The van der Waals surface area contributed by atoms with Gasteiger partial charge >= 0.3 is 0 Å². The molecular weight excluding hydrogens is 362 g/mol. The van der Waals surface area contributed by atoms with E-state index < -0.39 is 0 Å². The van der Waals surface area contributed by atoms with Crippen LogP contribution in [0.5, 0.6) is 0 Å². The van der Waals surface area contributed by atoms with Crippen molar-refractivity contribution in [2.24, 2.45) is 0 Å². The van der Waals surface area contributed by atoms with Crippen LogP contribution in [0, 0.1) is 0 Å². The van der Waals surface area contributed by atoms with Gasteiger partial charge in [0.15, 0.2) is 0 Å². The average Bonchev–Trinajstić information content (AvgIpc) is 2.63. The van der Waals surface area contributed by atoms with Gasteiger partial charge in [0.2, 0.25) is 0 Å². The van der Waals surface area contributed by atoms with E-state index in [2.05, 4.69) is 22.0 Å². The van der Waals surface area contributed by atoms with Gasteiger partial charge < -0.3 is 0 Å². The predicted molar refractivity (Wildman–Crippen MR) is 103 cm³/mol. The molecule has 0 atom stereocenters. The van der Waals surface area contributed by atoms with E-state index in [4.69, 9.17) is 0 Å². The van der Waals surface area contributed by atoms with Crippen molar-refractivity contribution in [2.45, 2.75) is 0 Å². The molecular formula is C21H14BrNO. The molecule has 0 aliphatic rings. The second kappa shape index (κ2) is 6.10. The van der Waals surface area contributed by atoms with Crippen LogP contribution in [0.4, 0.5) is 0 Å². The van der Waals surface area contributed by atoms with E-state index in [9.17, 15) is 4.79 Å². The highest BCUT2D eigenvalue weighted by molar-refractivity contribution is 9.10. The molecule has 24 heavy (non-hydrogen) atoms. The van der Waals surface area contributed by atoms with Crippen molar-refractivity contribution < 1.29 is 0 Å². The number of hydrogen-bond donors (Lipinski definition) is 0. The summed E-state index contributed by atoms with van der Waals surface area (Å²) in [4.78, 5) is 12.9. The van der Waals surface area contributed by atoms with Gasteiger partial charge in [0.25, 0.3) is 5.56 Å². The van der Waals surface area contributed by atoms with Gasteiger partial charge in [-0.3, -0.25) is 9.36 Å². The van der Waals surface area contributed by atoms with Crippen molar-refractivity contribution in [1.29, 1.82) is 0 Å². The zero-order chi connectivity index (χ0) is 16.5. The summed E-state index contributed by atoms with van der Waals surface area (Å²) in [6, 6.07) is 27.6. The number of halogens is 1. The zero-order valence-electron chi connectivity index (χ0n) is 12.8. The minimum atomic E-state index is -0.0325. The lowest BCUT2D eigenvalue weighted by Gasteiger charge is -2.14. The molecule has 116 valence electrons. The van der Waals surface area contributed by atoms with Crippen LogP contribution < -0.4 is 5.56 Å². The fourth-order valence-corrected chi connectivity index (χ4v) is 3.26. The van der Waals surface area contributed by atoms with Crippen LogP contribution in [0.15, 0.2) is 94.2 Å². The van der Waals surface area contributed by atoms with E-state index in [0.29, 0.717) is 0 Å². The highest BCUT2D eigenvalue weighted by Crippen LogP contribution is 2.28. The van der Waals surface area contributed by atoms with Gasteiger partial charge in [-0.25, -0.2) is 0 Å². The maximum absolute atomic E-state index is 12.9.